The second-order valence-electron chi connectivity index (χ2n) is 6.85. The van der Waals surface area contributed by atoms with E-state index in [0.29, 0.717) is 13.1 Å². The lowest BCUT2D eigenvalue weighted by atomic mass is 9.99. The molecule has 1 fully saturated rings. The zero-order chi connectivity index (χ0) is 17.2. The van der Waals surface area contributed by atoms with Crippen molar-refractivity contribution in [2.24, 2.45) is 5.92 Å². The van der Waals surface area contributed by atoms with E-state index in [9.17, 15) is 9.50 Å². The van der Waals surface area contributed by atoms with Crippen LogP contribution in [0.25, 0.3) is 10.9 Å². The first kappa shape index (κ1) is 16.2. The molecule has 2 aromatic carbocycles. The lowest BCUT2D eigenvalue weighted by Crippen LogP contribution is -2.21. The molecule has 1 aliphatic rings. The number of benzene rings is 2. The summed E-state index contributed by atoms with van der Waals surface area (Å²) in [5, 5.41) is 11.6. The summed E-state index contributed by atoms with van der Waals surface area (Å²) in [6.45, 7) is 2.08. The Morgan fingerprint density at radius 2 is 1.92 bits per heavy atom. The van der Waals surface area contributed by atoms with Gasteiger partial charge in [0.25, 0.3) is 0 Å². The number of hydrogen-bond acceptors (Lipinski definition) is 3. The van der Waals surface area contributed by atoms with Gasteiger partial charge in [0, 0.05) is 36.6 Å². The fourth-order valence-electron chi connectivity index (χ4n) is 3.66. The summed E-state index contributed by atoms with van der Waals surface area (Å²) in [6.07, 6.45) is 0.382. The normalized spacial score (nSPS) is 21.0. The SMILES string of the molecule is O[C@@H]1CN(Cc2cccc(F)c2)C[C@H]1Cc1ccc2ccccc2n1. The summed E-state index contributed by atoms with van der Waals surface area (Å²) < 4.78 is 13.3. The lowest BCUT2D eigenvalue weighted by molar-refractivity contribution is 0.140. The predicted molar refractivity (Wildman–Crippen MR) is 96.6 cm³/mol. The van der Waals surface area contributed by atoms with Gasteiger partial charge in [0.05, 0.1) is 11.6 Å². The molecule has 1 aromatic heterocycles. The van der Waals surface area contributed by atoms with Gasteiger partial charge in [0.2, 0.25) is 0 Å². The van der Waals surface area contributed by atoms with Crippen LogP contribution in [0.3, 0.4) is 0 Å². The van der Waals surface area contributed by atoms with Crippen molar-refractivity contribution in [2.75, 3.05) is 13.1 Å². The number of β-amino-alcohol motifs (C(OH)–C–C–N with tert-alkyl or cyclic N) is 1. The van der Waals surface area contributed by atoms with Crippen molar-refractivity contribution in [3.05, 3.63) is 77.7 Å². The summed E-state index contributed by atoms with van der Waals surface area (Å²) >= 11 is 0. The molecular weight excluding hydrogens is 315 g/mol. The standard InChI is InChI=1S/C21H21FN2O/c22-18-6-3-4-15(10-18)12-24-13-17(21(25)14-24)11-19-9-8-16-5-1-2-7-20(16)23-19/h1-10,17,21,25H,11-14H2/t17-,21-/m1/s1. The van der Waals surface area contributed by atoms with Crippen molar-refractivity contribution in [1.29, 1.82) is 0 Å². The maximum atomic E-state index is 13.3. The zero-order valence-electron chi connectivity index (χ0n) is 14.0. The Morgan fingerprint density at radius 3 is 2.80 bits per heavy atom. The van der Waals surface area contributed by atoms with Gasteiger partial charge >= 0.3 is 0 Å². The molecular formula is C21H21FN2O. The Balaban J connectivity index is 1.44. The summed E-state index contributed by atoms with van der Waals surface area (Å²) in [7, 11) is 0. The highest BCUT2D eigenvalue weighted by Gasteiger charge is 2.31. The van der Waals surface area contributed by atoms with Gasteiger partial charge in [0.15, 0.2) is 0 Å². The number of fused-ring (bicyclic) bond motifs is 1. The van der Waals surface area contributed by atoms with Gasteiger partial charge in [-0.15, -0.1) is 0 Å². The number of halogens is 1. The Morgan fingerprint density at radius 1 is 1.04 bits per heavy atom. The predicted octanol–water partition coefficient (Wildman–Crippen LogP) is 3.41. The van der Waals surface area contributed by atoms with E-state index in [1.54, 1.807) is 12.1 Å². The van der Waals surface area contributed by atoms with Gasteiger partial charge in [-0.25, -0.2) is 4.39 Å². The third kappa shape index (κ3) is 3.70. The van der Waals surface area contributed by atoms with Crippen LogP contribution in [-0.4, -0.2) is 34.2 Å². The van der Waals surface area contributed by atoms with Crippen LogP contribution >= 0.6 is 0 Å². The van der Waals surface area contributed by atoms with Crippen LogP contribution in [0.2, 0.25) is 0 Å². The number of hydrogen-bond donors (Lipinski definition) is 1. The molecule has 0 unspecified atom stereocenters. The second-order valence-corrected chi connectivity index (χ2v) is 6.85. The topological polar surface area (TPSA) is 36.4 Å². The highest BCUT2D eigenvalue weighted by molar-refractivity contribution is 5.78. The van der Waals surface area contributed by atoms with Crippen LogP contribution in [0, 0.1) is 11.7 Å². The molecule has 2 atom stereocenters. The lowest BCUT2D eigenvalue weighted by Gasteiger charge is -2.15. The van der Waals surface area contributed by atoms with E-state index < -0.39 is 0 Å². The van der Waals surface area contributed by atoms with E-state index in [2.05, 4.69) is 17.0 Å². The molecule has 4 heteroatoms. The third-order valence-corrected chi connectivity index (χ3v) is 4.90. The van der Waals surface area contributed by atoms with Crippen LogP contribution in [0.4, 0.5) is 4.39 Å². The van der Waals surface area contributed by atoms with Gasteiger partial charge in [0.1, 0.15) is 5.82 Å². The molecule has 2 heterocycles. The number of aliphatic hydroxyl groups excluding tert-OH is 1. The van der Waals surface area contributed by atoms with Crippen molar-refractivity contribution < 1.29 is 9.50 Å². The van der Waals surface area contributed by atoms with E-state index in [4.69, 9.17) is 4.98 Å². The monoisotopic (exact) mass is 336 g/mol. The molecule has 1 N–H and O–H groups in total. The molecule has 3 nitrogen and oxygen atoms in total. The highest BCUT2D eigenvalue weighted by Crippen LogP contribution is 2.23. The fourth-order valence-corrected chi connectivity index (χ4v) is 3.66. The number of aromatic nitrogens is 1. The van der Waals surface area contributed by atoms with Gasteiger partial charge in [-0.1, -0.05) is 36.4 Å². The number of para-hydroxylation sites is 1. The fraction of sp³-hybridized carbons (Fsp3) is 0.286. The van der Waals surface area contributed by atoms with Gasteiger partial charge in [-0.2, -0.15) is 0 Å². The molecule has 0 amide bonds. The molecule has 0 spiro atoms. The first-order valence-corrected chi connectivity index (χ1v) is 8.67. The van der Waals surface area contributed by atoms with Crippen molar-refractivity contribution in [2.45, 2.75) is 19.1 Å². The van der Waals surface area contributed by atoms with Crippen molar-refractivity contribution >= 4 is 10.9 Å². The van der Waals surface area contributed by atoms with E-state index in [1.807, 2.05) is 30.3 Å². The van der Waals surface area contributed by atoms with E-state index >= 15 is 0 Å². The number of likely N-dealkylation sites (tertiary alicyclic amines) is 1. The maximum absolute atomic E-state index is 13.3. The van der Waals surface area contributed by atoms with E-state index in [0.717, 1.165) is 35.1 Å². The van der Waals surface area contributed by atoms with Gasteiger partial charge in [-0.3, -0.25) is 9.88 Å². The average Bonchev–Trinajstić information content (AvgIpc) is 2.94. The molecule has 3 aromatic rings. The Labute approximate surface area is 146 Å². The number of nitrogens with zero attached hydrogens (tertiary/aromatic N) is 2. The molecule has 128 valence electrons. The van der Waals surface area contributed by atoms with E-state index in [1.165, 1.54) is 6.07 Å². The second kappa shape index (κ2) is 6.90. The maximum Gasteiger partial charge on any atom is 0.123 e. The summed E-state index contributed by atoms with van der Waals surface area (Å²) in [5.74, 6) is -0.0589. The third-order valence-electron chi connectivity index (χ3n) is 4.90. The van der Waals surface area contributed by atoms with Gasteiger partial charge < -0.3 is 5.11 Å². The zero-order valence-corrected chi connectivity index (χ0v) is 14.0. The molecule has 0 bridgehead atoms. The first-order valence-electron chi connectivity index (χ1n) is 8.67. The summed E-state index contributed by atoms with van der Waals surface area (Å²) in [5.41, 5.74) is 2.94. The van der Waals surface area contributed by atoms with E-state index in [-0.39, 0.29) is 17.8 Å². The van der Waals surface area contributed by atoms with Crippen molar-refractivity contribution in [3.8, 4) is 0 Å². The quantitative estimate of drug-likeness (QED) is 0.793. The van der Waals surface area contributed by atoms with Crippen LogP contribution in [0.5, 0.6) is 0 Å². The van der Waals surface area contributed by atoms with Gasteiger partial charge in [-0.05, 0) is 36.2 Å². The number of rotatable bonds is 4. The minimum atomic E-state index is -0.373. The highest BCUT2D eigenvalue weighted by atomic mass is 19.1. The molecule has 1 saturated heterocycles. The van der Waals surface area contributed by atoms with Crippen LogP contribution in [0.1, 0.15) is 11.3 Å². The molecule has 4 rings (SSSR count). The molecule has 0 radical (unpaired) electrons. The van der Waals surface area contributed by atoms with Crippen LogP contribution in [-0.2, 0) is 13.0 Å². The molecule has 25 heavy (non-hydrogen) atoms. The van der Waals surface area contributed by atoms with Crippen LogP contribution < -0.4 is 0 Å². The minimum Gasteiger partial charge on any atom is -0.391 e. The molecule has 0 saturated carbocycles. The Bertz CT molecular complexity index is 882. The van der Waals surface area contributed by atoms with Crippen LogP contribution in [0.15, 0.2) is 60.7 Å². The molecule has 1 aliphatic heterocycles. The minimum absolute atomic E-state index is 0.155. The van der Waals surface area contributed by atoms with Crippen molar-refractivity contribution in [1.82, 2.24) is 9.88 Å². The molecule has 0 aliphatic carbocycles. The van der Waals surface area contributed by atoms with Crippen molar-refractivity contribution in [3.63, 3.8) is 0 Å². The largest absolute Gasteiger partial charge is 0.391 e. The average molecular weight is 336 g/mol. The Kier molecular flexibility index (Phi) is 4.47. The smallest absolute Gasteiger partial charge is 0.123 e. The number of aliphatic hydroxyl groups is 1. The summed E-state index contributed by atoms with van der Waals surface area (Å²) in [6, 6.07) is 18.9. The number of pyridine rings is 1. The summed E-state index contributed by atoms with van der Waals surface area (Å²) in [4.78, 5) is 6.90. The Hall–Kier alpha value is -2.30. The first-order chi connectivity index (χ1) is 12.2.